The highest BCUT2D eigenvalue weighted by atomic mass is 35.5. The number of benzene rings is 1. The third-order valence-corrected chi connectivity index (χ3v) is 2.00. The van der Waals surface area contributed by atoms with Crippen LogP contribution in [0.5, 0.6) is 0 Å². The van der Waals surface area contributed by atoms with Gasteiger partial charge in [0.25, 0.3) is 0 Å². The lowest BCUT2D eigenvalue weighted by Crippen LogP contribution is -1.87. The summed E-state index contributed by atoms with van der Waals surface area (Å²) in [6.45, 7) is 0.0583. The second-order valence-corrected chi connectivity index (χ2v) is 2.95. The Labute approximate surface area is 89.6 Å². The Morgan fingerprint density at radius 2 is 2.07 bits per heavy atom. The van der Waals surface area contributed by atoms with Gasteiger partial charge in [-0.05, 0) is 17.7 Å². The van der Waals surface area contributed by atoms with Crippen molar-refractivity contribution < 1.29 is 8.78 Å². The summed E-state index contributed by atoms with van der Waals surface area (Å²) in [5, 5.41) is 2.92. The van der Waals surface area contributed by atoms with E-state index in [0.717, 1.165) is 12.1 Å². The van der Waals surface area contributed by atoms with E-state index in [1.165, 1.54) is 12.2 Å². The molecule has 0 N–H and O–H groups in total. The SMILES string of the molecule is [N-]=[N+]=NCC=Cc1c(F)ccc(F)c1Cl. The van der Waals surface area contributed by atoms with E-state index >= 15 is 0 Å². The molecule has 0 amide bonds. The highest BCUT2D eigenvalue weighted by molar-refractivity contribution is 6.32. The van der Waals surface area contributed by atoms with Crippen LogP contribution in [0.2, 0.25) is 5.02 Å². The van der Waals surface area contributed by atoms with Gasteiger partial charge in [-0.2, -0.15) is 0 Å². The molecule has 1 aromatic rings. The Balaban J connectivity index is 2.98. The van der Waals surface area contributed by atoms with Crippen LogP contribution in [-0.4, -0.2) is 6.54 Å². The second kappa shape index (κ2) is 5.34. The van der Waals surface area contributed by atoms with Crippen LogP contribution in [-0.2, 0) is 0 Å². The largest absolute Gasteiger partial charge is 0.206 e. The van der Waals surface area contributed by atoms with Crippen LogP contribution < -0.4 is 0 Å². The fourth-order valence-electron chi connectivity index (χ4n) is 0.950. The molecule has 0 fully saturated rings. The summed E-state index contributed by atoms with van der Waals surface area (Å²) in [5.41, 5.74) is 7.93. The predicted molar refractivity (Wildman–Crippen MR) is 54.4 cm³/mol. The summed E-state index contributed by atoms with van der Waals surface area (Å²) < 4.78 is 26.1. The third-order valence-electron chi connectivity index (χ3n) is 1.61. The van der Waals surface area contributed by atoms with Gasteiger partial charge in [0.1, 0.15) is 11.6 Å². The van der Waals surface area contributed by atoms with E-state index in [-0.39, 0.29) is 17.1 Å². The lowest BCUT2D eigenvalue weighted by Gasteiger charge is -2.00. The number of rotatable bonds is 3. The van der Waals surface area contributed by atoms with Crippen molar-refractivity contribution in [3.8, 4) is 0 Å². The first-order chi connectivity index (χ1) is 7.16. The summed E-state index contributed by atoms with van der Waals surface area (Å²) >= 11 is 5.54. The molecule has 0 aliphatic rings. The Hall–Kier alpha value is -1.58. The molecular formula is C9H6ClF2N3. The van der Waals surface area contributed by atoms with Gasteiger partial charge < -0.3 is 0 Å². The Morgan fingerprint density at radius 3 is 2.73 bits per heavy atom. The van der Waals surface area contributed by atoms with E-state index in [0.29, 0.717) is 0 Å². The zero-order valence-corrected chi connectivity index (χ0v) is 8.25. The van der Waals surface area contributed by atoms with Gasteiger partial charge in [0.05, 0.1) is 5.02 Å². The fraction of sp³-hybridized carbons (Fsp3) is 0.111. The van der Waals surface area contributed by atoms with Crippen molar-refractivity contribution in [3.63, 3.8) is 0 Å². The van der Waals surface area contributed by atoms with Gasteiger partial charge in [0, 0.05) is 17.0 Å². The molecule has 0 radical (unpaired) electrons. The van der Waals surface area contributed by atoms with Gasteiger partial charge >= 0.3 is 0 Å². The van der Waals surface area contributed by atoms with Gasteiger partial charge in [-0.3, -0.25) is 0 Å². The van der Waals surface area contributed by atoms with Crippen molar-refractivity contribution in [1.82, 2.24) is 0 Å². The quantitative estimate of drug-likeness (QED) is 0.326. The average Bonchev–Trinajstić information content (AvgIpc) is 2.23. The molecule has 3 nitrogen and oxygen atoms in total. The minimum Gasteiger partial charge on any atom is -0.206 e. The van der Waals surface area contributed by atoms with Crippen molar-refractivity contribution in [1.29, 1.82) is 0 Å². The minimum absolute atomic E-state index is 0.0511. The summed E-state index contributed by atoms with van der Waals surface area (Å²) in [4.78, 5) is 2.50. The van der Waals surface area contributed by atoms with Crippen molar-refractivity contribution >= 4 is 17.7 Å². The summed E-state index contributed by atoms with van der Waals surface area (Å²) in [6.07, 6.45) is 2.67. The van der Waals surface area contributed by atoms with E-state index in [1.807, 2.05) is 0 Å². The van der Waals surface area contributed by atoms with Crippen molar-refractivity contribution in [2.45, 2.75) is 0 Å². The van der Waals surface area contributed by atoms with Crippen molar-refractivity contribution in [2.24, 2.45) is 5.11 Å². The molecule has 0 saturated carbocycles. The molecule has 15 heavy (non-hydrogen) atoms. The molecule has 0 bridgehead atoms. The van der Waals surface area contributed by atoms with Crippen LogP contribution in [0.25, 0.3) is 16.5 Å². The average molecular weight is 230 g/mol. The summed E-state index contributed by atoms with van der Waals surface area (Å²) in [6, 6.07) is 1.93. The van der Waals surface area contributed by atoms with Crippen LogP contribution in [0.3, 0.4) is 0 Å². The van der Waals surface area contributed by atoms with Gasteiger partial charge in [-0.15, -0.1) is 0 Å². The van der Waals surface area contributed by atoms with Gasteiger partial charge in [0.15, 0.2) is 0 Å². The Morgan fingerprint density at radius 1 is 1.40 bits per heavy atom. The zero-order chi connectivity index (χ0) is 11.3. The molecule has 0 atom stereocenters. The molecule has 0 aromatic heterocycles. The molecule has 0 heterocycles. The van der Waals surface area contributed by atoms with Crippen LogP contribution in [0, 0.1) is 11.6 Å². The molecule has 1 rings (SSSR count). The van der Waals surface area contributed by atoms with Crippen LogP contribution in [0.15, 0.2) is 23.3 Å². The van der Waals surface area contributed by atoms with Gasteiger partial charge in [0.2, 0.25) is 0 Å². The van der Waals surface area contributed by atoms with Crippen LogP contribution in [0.1, 0.15) is 5.56 Å². The normalized spacial score (nSPS) is 10.3. The van der Waals surface area contributed by atoms with E-state index in [9.17, 15) is 8.78 Å². The first kappa shape index (κ1) is 11.5. The first-order valence-corrected chi connectivity index (χ1v) is 4.35. The van der Waals surface area contributed by atoms with E-state index in [2.05, 4.69) is 10.0 Å². The van der Waals surface area contributed by atoms with Gasteiger partial charge in [-0.1, -0.05) is 28.9 Å². The molecule has 0 spiro atoms. The topological polar surface area (TPSA) is 48.8 Å². The van der Waals surface area contributed by atoms with Crippen LogP contribution in [0.4, 0.5) is 8.78 Å². The van der Waals surface area contributed by atoms with E-state index < -0.39 is 11.6 Å². The summed E-state index contributed by atoms with van der Waals surface area (Å²) in [5.74, 6) is -1.32. The number of azide groups is 1. The molecule has 6 heteroatoms. The number of hydrogen-bond donors (Lipinski definition) is 0. The first-order valence-electron chi connectivity index (χ1n) is 3.97. The molecule has 0 aliphatic carbocycles. The van der Waals surface area contributed by atoms with E-state index in [4.69, 9.17) is 17.1 Å². The minimum atomic E-state index is -0.693. The maximum atomic E-state index is 13.1. The standard InChI is InChI=1S/C9H6ClF2N3/c10-9-6(2-1-5-14-15-13)7(11)3-4-8(9)12/h1-4H,5H2. The van der Waals surface area contributed by atoms with Crippen molar-refractivity contribution in [3.05, 3.63) is 50.9 Å². The highest BCUT2D eigenvalue weighted by Gasteiger charge is 2.08. The zero-order valence-electron chi connectivity index (χ0n) is 7.49. The molecule has 0 unspecified atom stereocenters. The van der Waals surface area contributed by atoms with E-state index in [1.54, 1.807) is 0 Å². The number of hydrogen-bond acceptors (Lipinski definition) is 1. The lowest BCUT2D eigenvalue weighted by molar-refractivity contribution is 0.598. The number of nitrogens with zero attached hydrogens (tertiary/aromatic N) is 3. The fourth-order valence-corrected chi connectivity index (χ4v) is 1.17. The maximum absolute atomic E-state index is 13.1. The molecule has 78 valence electrons. The Bertz CT molecular complexity index is 439. The highest BCUT2D eigenvalue weighted by Crippen LogP contribution is 2.23. The van der Waals surface area contributed by atoms with Gasteiger partial charge in [-0.25, -0.2) is 8.78 Å². The number of halogens is 3. The maximum Gasteiger partial charge on any atom is 0.142 e. The molecule has 1 aromatic carbocycles. The third kappa shape index (κ3) is 2.94. The monoisotopic (exact) mass is 229 g/mol. The van der Waals surface area contributed by atoms with Crippen molar-refractivity contribution in [2.75, 3.05) is 6.54 Å². The molecule has 0 saturated heterocycles. The Kier molecular flexibility index (Phi) is 4.09. The summed E-state index contributed by atoms with van der Waals surface area (Å²) in [7, 11) is 0. The smallest absolute Gasteiger partial charge is 0.142 e. The predicted octanol–water partition coefficient (Wildman–Crippen LogP) is 3.94. The second-order valence-electron chi connectivity index (χ2n) is 2.57. The molecular weight excluding hydrogens is 224 g/mol. The van der Waals surface area contributed by atoms with Crippen LogP contribution >= 0.6 is 11.6 Å². The lowest BCUT2D eigenvalue weighted by atomic mass is 10.2. The molecule has 0 aliphatic heterocycles.